The summed E-state index contributed by atoms with van der Waals surface area (Å²) in [6.07, 6.45) is 7.41. The molecule has 6 heteroatoms. The van der Waals surface area contributed by atoms with E-state index in [9.17, 15) is 14.5 Å². The fourth-order valence-corrected chi connectivity index (χ4v) is 6.42. The van der Waals surface area contributed by atoms with Gasteiger partial charge in [0.25, 0.3) is 0 Å². The highest BCUT2D eigenvalue weighted by atomic mass is 35.5. The van der Waals surface area contributed by atoms with Crippen LogP contribution in [0.3, 0.4) is 0 Å². The second-order valence-electron chi connectivity index (χ2n) is 8.21. The van der Waals surface area contributed by atoms with Gasteiger partial charge in [0.2, 0.25) is 0 Å². The van der Waals surface area contributed by atoms with Gasteiger partial charge in [-0.05, 0) is 43.0 Å². The van der Waals surface area contributed by atoms with Crippen molar-refractivity contribution in [2.24, 2.45) is 5.92 Å². The largest absolute Gasteiger partial charge is 0.593 e. The summed E-state index contributed by atoms with van der Waals surface area (Å²) >= 11 is 4.58. The van der Waals surface area contributed by atoms with Crippen molar-refractivity contribution in [2.75, 3.05) is 0 Å². The maximum atomic E-state index is 13.9. The number of hydrogen-bond donors (Lipinski definition) is 1. The SMILES string of the molecule is Cc1ccccc1[S+]([O-])N1C(CC2CCCC2)C=C(C(=O)O)C1c1ccc(Cl)cc1. The number of benzene rings is 2. The second-order valence-corrected chi connectivity index (χ2v) is 10.0. The molecule has 4 rings (SSSR count). The van der Waals surface area contributed by atoms with Gasteiger partial charge < -0.3 is 9.66 Å². The Hall–Kier alpha value is -1.79. The Morgan fingerprint density at radius 1 is 1.17 bits per heavy atom. The highest BCUT2D eigenvalue weighted by molar-refractivity contribution is 7.89. The minimum atomic E-state index is -1.49. The first kappa shape index (κ1) is 21.4. The summed E-state index contributed by atoms with van der Waals surface area (Å²) < 4.78 is 15.8. The molecular formula is C24H26ClNO3S. The Bertz CT molecular complexity index is 940. The van der Waals surface area contributed by atoms with Gasteiger partial charge in [-0.1, -0.05) is 73.7 Å². The van der Waals surface area contributed by atoms with Crippen molar-refractivity contribution in [3.05, 3.63) is 76.3 Å². The van der Waals surface area contributed by atoms with Crippen molar-refractivity contribution in [3.8, 4) is 0 Å². The third-order valence-corrected chi connectivity index (χ3v) is 8.15. The van der Waals surface area contributed by atoms with Crippen molar-refractivity contribution >= 4 is 28.9 Å². The molecule has 1 heterocycles. The van der Waals surface area contributed by atoms with Gasteiger partial charge in [0, 0.05) is 10.6 Å². The van der Waals surface area contributed by atoms with Crippen LogP contribution in [-0.4, -0.2) is 26.0 Å². The molecule has 2 aromatic carbocycles. The average molecular weight is 444 g/mol. The monoisotopic (exact) mass is 443 g/mol. The molecule has 0 aromatic heterocycles. The maximum absolute atomic E-state index is 13.9. The second kappa shape index (κ2) is 9.15. The van der Waals surface area contributed by atoms with Gasteiger partial charge >= 0.3 is 5.97 Å². The predicted octanol–water partition coefficient (Wildman–Crippen LogP) is 5.69. The Morgan fingerprint density at radius 2 is 1.83 bits per heavy atom. The topological polar surface area (TPSA) is 63.6 Å². The lowest BCUT2D eigenvalue weighted by Crippen LogP contribution is -2.40. The average Bonchev–Trinajstić information content (AvgIpc) is 3.37. The number of aryl methyl sites for hydroxylation is 1. The first-order chi connectivity index (χ1) is 14.5. The molecule has 30 heavy (non-hydrogen) atoms. The van der Waals surface area contributed by atoms with Crippen LogP contribution in [0.4, 0.5) is 0 Å². The number of aliphatic carboxylic acids is 1. The molecule has 158 valence electrons. The molecule has 1 aliphatic carbocycles. The zero-order valence-electron chi connectivity index (χ0n) is 17.0. The maximum Gasteiger partial charge on any atom is 0.333 e. The number of carbonyl (C=O) groups is 1. The van der Waals surface area contributed by atoms with Crippen molar-refractivity contribution in [2.45, 2.75) is 56.0 Å². The van der Waals surface area contributed by atoms with Gasteiger partial charge in [-0.3, -0.25) is 0 Å². The van der Waals surface area contributed by atoms with E-state index in [2.05, 4.69) is 0 Å². The van der Waals surface area contributed by atoms with Gasteiger partial charge in [-0.2, -0.15) is 0 Å². The quantitative estimate of drug-likeness (QED) is 0.582. The third kappa shape index (κ3) is 4.30. The van der Waals surface area contributed by atoms with Crippen molar-refractivity contribution in [1.82, 2.24) is 4.31 Å². The molecule has 3 unspecified atom stereocenters. The lowest BCUT2D eigenvalue weighted by Gasteiger charge is -2.32. The molecule has 1 saturated carbocycles. The summed E-state index contributed by atoms with van der Waals surface area (Å²) in [7, 11) is 0. The van der Waals surface area contributed by atoms with Crippen LogP contribution >= 0.6 is 11.6 Å². The van der Waals surface area contributed by atoms with Crippen LogP contribution in [0.5, 0.6) is 0 Å². The van der Waals surface area contributed by atoms with Gasteiger partial charge in [0.1, 0.15) is 6.04 Å². The van der Waals surface area contributed by atoms with Crippen LogP contribution in [0.25, 0.3) is 0 Å². The van der Waals surface area contributed by atoms with Gasteiger partial charge in [0.05, 0.1) is 23.0 Å². The van der Waals surface area contributed by atoms with E-state index < -0.39 is 23.4 Å². The van der Waals surface area contributed by atoms with E-state index in [-0.39, 0.29) is 6.04 Å². The zero-order chi connectivity index (χ0) is 21.3. The Labute approximate surface area is 185 Å². The Kier molecular flexibility index (Phi) is 6.54. The Morgan fingerprint density at radius 3 is 2.47 bits per heavy atom. The van der Waals surface area contributed by atoms with Crippen LogP contribution in [-0.2, 0) is 16.2 Å². The van der Waals surface area contributed by atoms with E-state index in [4.69, 9.17) is 11.6 Å². The van der Waals surface area contributed by atoms with Gasteiger partial charge in [-0.15, -0.1) is 4.31 Å². The normalized spacial score (nSPS) is 23.5. The number of hydrogen-bond acceptors (Lipinski definition) is 3. The summed E-state index contributed by atoms with van der Waals surface area (Å²) in [5.74, 6) is -0.419. The summed E-state index contributed by atoms with van der Waals surface area (Å²) in [5, 5.41) is 10.6. The van der Waals surface area contributed by atoms with E-state index in [1.165, 1.54) is 12.8 Å². The molecular weight excluding hydrogens is 418 g/mol. The minimum absolute atomic E-state index is 0.180. The molecule has 0 amide bonds. The van der Waals surface area contributed by atoms with E-state index in [1.54, 1.807) is 12.1 Å². The first-order valence-electron chi connectivity index (χ1n) is 10.4. The third-order valence-electron chi connectivity index (χ3n) is 6.20. The molecule has 3 atom stereocenters. The highest BCUT2D eigenvalue weighted by Gasteiger charge is 2.47. The molecule has 1 N–H and O–H groups in total. The van der Waals surface area contributed by atoms with E-state index in [1.807, 2.05) is 53.7 Å². The number of halogens is 1. The summed E-state index contributed by atoms with van der Waals surface area (Å²) in [5.41, 5.74) is 2.03. The standard InChI is InChI=1S/C24H26ClNO3S/c1-16-6-2-5-9-22(16)30(29)26-20(14-17-7-3-4-8-17)15-21(24(27)28)23(26)18-10-12-19(25)13-11-18/h2,5-6,9-13,15,17,20,23H,3-4,7-8,14H2,1H3,(H,27,28). The van der Waals surface area contributed by atoms with Crippen LogP contribution in [0.15, 0.2) is 65.1 Å². The summed E-state index contributed by atoms with van der Waals surface area (Å²) in [4.78, 5) is 12.9. The molecule has 2 aliphatic rings. The fraction of sp³-hybridized carbons (Fsp3) is 0.375. The molecule has 0 saturated heterocycles. The van der Waals surface area contributed by atoms with E-state index in [0.717, 1.165) is 35.3 Å². The minimum Gasteiger partial charge on any atom is -0.593 e. The van der Waals surface area contributed by atoms with Crippen LogP contribution < -0.4 is 0 Å². The van der Waals surface area contributed by atoms with Crippen LogP contribution in [0.1, 0.15) is 49.3 Å². The first-order valence-corrected chi connectivity index (χ1v) is 11.9. The fourth-order valence-electron chi connectivity index (χ4n) is 4.70. The smallest absolute Gasteiger partial charge is 0.333 e. The van der Waals surface area contributed by atoms with E-state index in [0.29, 0.717) is 16.5 Å². The highest BCUT2D eigenvalue weighted by Crippen LogP contribution is 2.44. The van der Waals surface area contributed by atoms with Gasteiger partial charge in [0.15, 0.2) is 4.90 Å². The molecule has 4 nitrogen and oxygen atoms in total. The van der Waals surface area contributed by atoms with Crippen molar-refractivity contribution < 1.29 is 14.5 Å². The number of carboxylic acids is 1. The van der Waals surface area contributed by atoms with Crippen LogP contribution in [0.2, 0.25) is 5.02 Å². The molecule has 1 aliphatic heterocycles. The zero-order valence-corrected chi connectivity index (χ0v) is 18.5. The Balaban J connectivity index is 1.77. The molecule has 2 aromatic rings. The molecule has 0 spiro atoms. The lowest BCUT2D eigenvalue weighted by molar-refractivity contribution is -0.133. The number of rotatable bonds is 6. The van der Waals surface area contributed by atoms with Crippen LogP contribution in [0, 0.1) is 12.8 Å². The van der Waals surface area contributed by atoms with E-state index >= 15 is 0 Å². The number of carboxylic acid groups (broad SMARTS) is 1. The predicted molar refractivity (Wildman–Crippen MR) is 120 cm³/mol. The lowest BCUT2D eigenvalue weighted by atomic mass is 9.98. The molecule has 1 fully saturated rings. The summed E-state index contributed by atoms with van der Waals surface area (Å²) in [6, 6.07) is 14.1. The number of nitrogens with zero attached hydrogens (tertiary/aromatic N) is 1. The van der Waals surface area contributed by atoms with Crippen molar-refractivity contribution in [3.63, 3.8) is 0 Å². The summed E-state index contributed by atoms with van der Waals surface area (Å²) in [6.45, 7) is 1.94. The molecule has 0 radical (unpaired) electrons. The molecule has 0 bridgehead atoms. The van der Waals surface area contributed by atoms with Crippen molar-refractivity contribution in [1.29, 1.82) is 0 Å². The van der Waals surface area contributed by atoms with Gasteiger partial charge in [-0.25, -0.2) is 4.79 Å².